The lowest BCUT2D eigenvalue weighted by Crippen LogP contribution is -2.38. The van der Waals surface area contributed by atoms with Gasteiger partial charge in [0.1, 0.15) is 0 Å². The average Bonchev–Trinajstić information content (AvgIpc) is 2.70. The van der Waals surface area contributed by atoms with Crippen molar-refractivity contribution in [1.82, 2.24) is 4.90 Å². The number of carbonyl (C=O) groups is 1. The Labute approximate surface area is 102 Å². The molecule has 1 aliphatic heterocycles. The van der Waals surface area contributed by atoms with Crippen molar-refractivity contribution in [3.8, 4) is 0 Å². The standard InChI is InChI=1S/C14H19NO2/c1-3-14(2,13(16)17)10-15-8-11-6-4-5-7-12(11)9-15/h4-7H,3,8-10H2,1-2H3,(H,16,17). The summed E-state index contributed by atoms with van der Waals surface area (Å²) >= 11 is 0. The van der Waals surface area contributed by atoms with Crippen LogP contribution in [0.3, 0.4) is 0 Å². The van der Waals surface area contributed by atoms with Crippen LogP contribution in [0.25, 0.3) is 0 Å². The minimum Gasteiger partial charge on any atom is -0.481 e. The Morgan fingerprint density at radius 2 is 1.88 bits per heavy atom. The van der Waals surface area contributed by atoms with E-state index in [2.05, 4.69) is 17.0 Å². The highest BCUT2D eigenvalue weighted by molar-refractivity contribution is 5.74. The number of carboxylic acids is 1. The molecule has 1 aromatic rings. The van der Waals surface area contributed by atoms with Crippen LogP contribution in [0.4, 0.5) is 0 Å². The highest BCUT2D eigenvalue weighted by Crippen LogP contribution is 2.29. The second-order valence-electron chi connectivity index (χ2n) is 5.13. The van der Waals surface area contributed by atoms with Crippen molar-refractivity contribution in [3.63, 3.8) is 0 Å². The van der Waals surface area contributed by atoms with Gasteiger partial charge in [-0.05, 0) is 24.5 Å². The van der Waals surface area contributed by atoms with E-state index in [1.54, 1.807) is 0 Å². The number of benzene rings is 1. The maximum Gasteiger partial charge on any atom is 0.310 e. The van der Waals surface area contributed by atoms with E-state index < -0.39 is 11.4 Å². The Hall–Kier alpha value is -1.35. The van der Waals surface area contributed by atoms with Crippen molar-refractivity contribution < 1.29 is 9.90 Å². The van der Waals surface area contributed by atoms with Gasteiger partial charge in [0.15, 0.2) is 0 Å². The normalized spacial score (nSPS) is 18.7. The minimum absolute atomic E-state index is 0.619. The lowest BCUT2D eigenvalue weighted by molar-refractivity contribution is -0.149. The van der Waals surface area contributed by atoms with Crippen LogP contribution >= 0.6 is 0 Å². The first-order valence-electron chi connectivity index (χ1n) is 6.08. The maximum atomic E-state index is 11.3. The van der Waals surface area contributed by atoms with Crippen LogP contribution < -0.4 is 0 Å². The monoisotopic (exact) mass is 233 g/mol. The molecule has 92 valence electrons. The van der Waals surface area contributed by atoms with Gasteiger partial charge in [0.2, 0.25) is 0 Å². The maximum absolute atomic E-state index is 11.3. The Morgan fingerprint density at radius 3 is 2.29 bits per heavy atom. The molecule has 1 aromatic carbocycles. The third kappa shape index (κ3) is 2.34. The van der Waals surface area contributed by atoms with Crippen molar-refractivity contribution >= 4 is 5.97 Å². The molecular formula is C14H19NO2. The van der Waals surface area contributed by atoms with Gasteiger partial charge in [0.05, 0.1) is 5.41 Å². The number of aliphatic carboxylic acids is 1. The van der Waals surface area contributed by atoms with E-state index in [9.17, 15) is 9.90 Å². The number of rotatable bonds is 4. The Balaban J connectivity index is 2.07. The van der Waals surface area contributed by atoms with Gasteiger partial charge in [-0.15, -0.1) is 0 Å². The summed E-state index contributed by atoms with van der Waals surface area (Å²) in [5.41, 5.74) is 2.02. The lowest BCUT2D eigenvalue weighted by Gasteiger charge is -2.28. The van der Waals surface area contributed by atoms with E-state index in [-0.39, 0.29) is 0 Å². The van der Waals surface area contributed by atoms with Crippen molar-refractivity contribution in [2.45, 2.75) is 33.4 Å². The first-order valence-corrected chi connectivity index (χ1v) is 6.08. The topological polar surface area (TPSA) is 40.5 Å². The van der Waals surface area contributed by atoms with Crippen molar-refractivity contribution in [2.24, 2.45) is 5.41 Å². The predicted octanol–water partition coefficient (Wildman–Crippen LogP) is 2.50. The molecular weight excluding hydrogens is 214 g/mol. The van der Waals surface area contributed by atoms with Crippen molar-refractivity contribution in [3.05, 3.63) is 35.4 Å². The summed E-state index contributed by atoms with van der Waals surface area (Å²) in [5, 5.41) is 9.28. The third-order valence-electron chi connectivity index (χ3n) is 3.78. The molecule has 1 atom stereocenters. The number of hydrogen-bond acceptors (Lipinski definition) is 2. The van der Waals surface area contributed by atoms with Gasteiger partial charge in [-0.1, -0.05) is 31.2 Å². The number of hydrogen-bond donors (Lipinski definition) is 1. The van der Waals surface area contributed by atoms with Crippen LogP contribution in [0.2, 0.25) is 0 Å². The van der Waals surface area contributed by atoms with Gasteiger partial charge in [0, 0.05) is 19.6 Å². The molecule has 1 N–H and O–H groups in total. The predicted molar refractivity (Wildman–Crippen MR) is 66.6 cm³/mol. The lowest BCUT2D eigenvalue weighted by atomic mass is 9.87. The highest BCUT2D eigenvalue weighted by Gasteiger charge is 2.34. The summed E-state index contributed by atoms with van der Waals surface area (Å²) < 4.78 is 0. The minimum atomic E-state index is -0.698. The number of fused-ring (bicyclic) bond motifs is 1. The van der Waals surface area contributed by atoms with Crippen LogP contribution in [0.5, 0.6) is 0 Å². The zero-order chi connectivity index (χ0) is 12.5. The molecule has 0 radical (unpaired) electrons. The van der Waals surface area contributed by atoms with Crippen LogP contribution in [-0.4, -0.2) is 22.5 Å². The molecule has 3 nitrogen and oxygen atoms in total. The van der Waals surface area contributed by atoms with Gasteiger partial charge in [-0.25, -0.2) is 0 Å². The molecule has 0 bridgehead atoms. The van der Waals surface area contributed by atoms with Crippen molar-refractivity contribution in [2.75, 3.05) is 6.54 Å². The molecule has 3 heteroatoms. The fraction of sp³-hybridized carbons (Fsp3) is 0.500. The molecule has 1 aliphatic rings. The fourth-order valence-corrected chi connectivity index (χ4v) is 2.34. The molecule has 0 saturated heterocycles. The zero-order valence-electron chi connectivity index (χ0n) is 10.4. The van der Waals surface area contributed by atoms with E-state index in [4.69, 9.17) is 0 Å². The van der Waals surface area contributed by atoms with Gasteiger partial charge in [-0.2, -0.15) is 0 Å². The summed E-state index contributed by atoms with van der Waals surface area (Å²) in [5.74, 6) is -0.698. The molecule has 0 saturated carbocycles. The van der Waals surface area contributed by atoms with E-state index in [0.29, 0.717) is 13.0 Å². The summed E-state index contributed by atoms with van der Waals surface area (Å²) in [6.45, 7) is 6.14. The van der Waals surface area contributed by atoms with Crippen LogP contribution in [0, 0.1) is 5.41 Å². The zero-order valence-corrected chi connectivity index (χ0v) is 10.4. The van der Waals surface area contributed by atoms with Gasteiger partial charge < -0.3 is 5.11 Å². The Bertz CT molecular complexity index is 405. The molecule has 0 fully saturated rings. The molecule has 0 spiro atoms. The van der Waals surface area contributed by atoms with Gasteiger partial charge in [-0.3, -0.25) is 9.69 Å². The molecule has 1 heterocycles. The number of carboxylic acid groups (broad SMARTS) is 1. The molecule has 1 unspecified atom stereocenters. The summed E-state index contributed by atoms with van der Waals surface area (Å²) in [7, 11) is 0. The fourth-order valence-electron chi connectivity index (χ4n) is 2.34. The Morgan fingerprint density at radius 1 is 1.35 bits per heavy atom. The second kappa shape index (κ2) is 4.49. The Kier molecular flexibility index (Phi) is 3.20. The molecule has 0 aliphatic carbocycles. The van der Waals surface area contributed by atoms with Crippen molar-refractivity contribution in [1.29, 1.82) is 0 Å². The van der Waals surface area contributed by atoms with E-state index >= 15 is 0 Å². The molecule has 0 amide bonds. The van der Waals surface area contributed by atoms with Gasteiger partial charge in [0.25, 0.3) is 0 Å². The van der Waals surface area contributed by atoms with E-state index in [0.717, 1.165) is 13.1 Å². The summed E-state index contributed by atoms with van der Waals surface area (Å²) in [4.78, 5) is 13.5. The third-order valence-corrected chi connectivity index (χ3v) is 3.78. The SMILES string of the molecule is CCC(C)(CN1Cc2ccccc2C1)C(=O)O. The number of nitrogens with zero attached hydrogens (tertiary/aromatic N) is 1. The van der Waals surface area contributed by atoms with Gasteiger partial charge >= 0.3 is 5.97 Å². The largest absolute Gasteiger partial charge is 0.481 e. The summed E-state index contributed by atoms with van der Waals surface area (Å²) in [6.07, 6.45) is 0.662. The average molecular weight is 233 g/mol. The van der Waals surface area contributed by atoms with Crippen LogP contribution in [0.1, 0.15) is 31.4 Å². The second-order valence-corrected chi connectivity index (χ2v) is 5.13. The first kappa shape index (κ1) is 12.1. The molecule has 2 rings (SSSR count). The highest BCUT2D eigenvalue weighted by atomic mass is 16.4. The van der Waals surface area contributed by atoms with E-state index in [1.807, 2.05) is 26.0 Å². The van der Waals surface area contributed by atoms with Crippen LogP contribution in [0.15, 0.2) is 24.3 Å². The molecule has 0 aromatic heterocycles. The smallest absolute Gasteiger partial charge is 0.310 e. The van der Waals surface area contributed by atoms with E-state index in [1.165, 1.54) is 11.1 Å². The molecule has 17 heavy (non-hydrogen) atoms. The quantitative estimate of drug-likeness (QED) is 0.868. The van der Waals surface area contributed by atoms with Crippen LogP contribution in [-0.2, 0) is 17.9 Å². The summed E-state index contributed by atoms with van der Waals surface area (Å²) in [6, 6.07) is 8.33. The first-order chi connectivity index (χ1) is 8.05.